The lowest BCUT2D eigenvalue weighted by atomic mass is 10.0. The van der Waals surface area contributed by atoms with E-state index in [2.05, 4.69) is 26.1 Å². The van der Waals surface area contributed by atoms with Crippen LogP contribution in [-0.4, -0.2) is 30.2 Å². The van der Waals surface area contributed by atoms with Gasteiger partial charge in [-0.3, -0.25) is 4.79 Å². The van der Waals surface area contributed by atoms with E-state index in [9.17, 15) is 4.79 Å². The number of nitrogens with two attached hydrogens (primary N) is 1. The zero-order chi connectivity index (χ0) is 17.1. The second kappa shape index (κ2) is 11.7. The Bertz CT molecular complexity index is 421. The molecule has 1 rings (SSSR count). The highest BCUT2D eigenvalue weighted by Gasteiger charge is 2.18. The first-order chi connectivity index (χ1) is 11.0. The molecule has 3 N–H and O–H groups in total. The van der Waals surface area contributed by atoms with E-state index in [0.717, 1.165) is 37.2 Å². The molecule has 1 heterocycles. The van der Waals surface area contributed by atoms with Gasteiger partial charge in [-0.05, 0) is 30.9 Å². The van der Waals surface area contributed by atoms with Crippen molar-refractivity contribution in [2.45, 2.75) is 64.3 Å². The smallest absolute Gasteiger partial charge is 0.159 e. The maximum atomic E-state index is 12.5. The van der Waals surface area contributed by atoms with Crippen LogP contribution in [0.3, 0.4) is 0 Å². The van der Waals surface area contributed by atoms with E-state index in [1.54, 1.807) is 18.0 Å². The van der Waals surface area contributed by atoms with E-state index in [4.69, 9.17) is 10.2 Å². The van der Waals surface area contributed by atoms with Crippen molar-refractivity contribution in [3.05, 3.63) is 24.2 Å². The molecule has 0 aliphatic carbocycles. The van der Waals surface area contributed by atoms with Crippen molar-refractivity contribution in [2.75, 3.05) is 12.3 Å². The van der Waals surface area contributed by atoms with E-state index >= 15 is 0 Å². The van der Waals surface area contributed by atoms with Gasteiger partial charge in [0, 0.05) is 12.6 Å². The molecule has 4 nitrogen and oxygen atoms in total. The lowest BCUT2D eigenvalue weighted by Gasteiger charge is -2.21. The Labute approximate surface area is 145 Å². The Kier molecular flexibility index (Phi) is 10.3. The average Bonchev–Trinajstić information content (AvgIpc) is 2.99. The minimum absolute atomic E-state index is 0.0720. The molecule has 0 spiro atoms. The first-order valence-electron chi connectivity index (χ1n) is 8.64. The third-order valence-electron chi connectivity index (χ3n) is 3.70. The van der Waals surface area contributed by atoms with Crippen LogP contribution in [0.25, 0.3) is 0 Å². The summed E-state index contributed by atoms with van der Waals surface area (Å²) in [6.07, 6.45) is 5.70. The average molecular weight is 341 g/mol. The van der Waals surface area contributed by atoms with E-state index in [0.29, 0.717) is 18.2 Å². The molecule has 0 aromatic carbocycles. The summed E-state index contributed by atoms with van der Waals surface area (Å²) in [5, 5.41) is 3.39. The normalized spacial score (nSPS) is 14.1. The zero-order valence-electron chi connectivity index (χ0n) is 14.7. The van der Waals surface area contributed by atoms with Crippen molar-refractivity contribution in [2.24, 2.45) is 11.7 Å². The predicted octanol–water partition coefficient (Wildman–Crippen LogP) is 3.60. The van der Waals surface area contributed by atoms with Crippen LogP contribution in [0.1, 0.15) is 52.2 Å². The molecule has 0 saturated heterocycles. The first kappa shape index (κ1) is 20.3. The highest BCUT2D eigenvalue weighted by molar-refractivity contribution is 7.99. The second-order valence-electron chi connectivity index (χ2n) is 6.53. The summed E-state index contributed by atoms with van der Waals surface area (Å²) >= 11 is 1.61. The molecule has 132 valence electrons. The third kappa shape index (κ3) is 9.18. The number of thioether (sulfide) groups is 1. The van der Waals surface area contributed by atoms with Gasteiger partial charge in [-0.1, -0.05) is 33.6 Å². The minimum Gasteiger partial charge on any atom is -0.468 e. The van der Waals surface area contributed by atoms with Gasteiger partial charge in [0.2, 0.25) is 0 Å². The van der Waals surface area contributed by atoms with Crippen molar-refractivity contribution in [1.29, 1.82) is 0 Å². The standard InChI is InChI=1S/C18H32N2O2S/c1-4-5-8-17(20-11-15(19)10-14(2)3)18(21)13-23-12-16-7-6-9-22-16/h6-7,9,14-15,17,20H,4-5,8,10-13,19H2,1-3H3/t15-,17+/m1/s1. The fourth-order valence-corrected chi connectivity index (χ4v) is 3.38. The van der Waals surface area contributed by atoms with E-state index in [1.165, 1.54) is 0 Å². The molecule has 0 radical (unpaired) electrons. The van der Waals surface area contributed by atoms with E-state index < -0.39 is 0 Å². The van der Waals surface area contributed by atoms with Crippen molar-refractivity contribution in [3.8, 4) is 0 Å². The van der Waals surface area contributed by atoms with Gasteiger partial charge >= 0.3 is 0 Å². The summed E-state index contributed by atoms with van der Waals surface area (Å²) in [4.78, 5) is 12.5. The Morgan fingerprint density at radius 3 is 2.83 bits per heavy atom. The zero-order valence-corrected chi connectivity index (χ0v) is 15.5. The Morgan fingerprint density at radius 2 is 2.22 bits per heavy atom. The number of unbranched alkanes of at least 4 members (excludes halogenated alkanes) is 1. The van der Waals surface area contributed by atoms with Crippen LogP contribution >= 0.6 is 11.8 Å². The molecule has 0 aliphatic heterocycles. The van der Waals surface area contributed by atoms with Crippen LogP contribution in [-0.2, 0) is 10.5 Å². The highest BCUT2D eigenvalue weighted by Crippen LogP contribution is 2.14. The van der Waals surface area contributed by atoms with Crippen molar-refractivity contribution >= 4 is 17.5 Å². The van der Waals surface area contributed by atoms with E-state index in [-0.39, 0.29) is 17.9 Å². The van der Waals surface area contributed by atoms with Gasteiger partial charge in [-0.25, -0.2) is 0 Å². The molecule has 0 amide bonds. The van der Waals surface area contributed by atoms with Crippen molar-refractivity contribution in [1.82, 2.24) is 5.32 Å². The molecule has 0 bridgehead atoms. The van der Waals surface area contributed by atoms with Crippen LogP contribution in [0.4, 0.5) is 0 Å². The summed E-state index contributed by atoms with van der Waals surface area (Å²) in [5.41, 5.74) is 6.12. The molecule has 0 saturated carbocycles. The summed E-state index contributed by atoms with van der Waals surface area (Å²) in [7, 11) is 0. The molecule has 5 heteroatoms. The number of hydrogen-bond donors (Lipinski definition) is 2. The van der Waals surface area contributed by atoms with Gasteiger partial charge in [-0.15, -0.1) is 11.8 Å². The minimum atomic E-state index is -0.0720. The number of ketones is 1. The fraction of sp³-hybridized carbons (Fsp3) is 0.722. The van der Waals surface area contributed by atoms with Crippen LogP contribution in [0.5, 0.6) is 0 Å². The molecule has 2 atom stereocenters. The van der Waals surface area contributed by atoms with Gasteiger partial charge < -0.3 is 15.5 Å². The SMILES string of the molecule is CCCC[C@H](NC[C@H](N)CC(C)C)C(=O)CSCc1ccco1. The maximum absolute atomic E-state index is 12.5. The van der Waals surface area contributed by atoms with Gasteiger partial charge in [0.25, 0.3) is 0 Å². The number of carbonyl (C=O) groups is 1. The first-order valence-corrected chi connectivity index (χ1v) is 9.80. The molecule has 23 heavy (non-hydrogen) atoms. The van der Waals surface area contributed by atoms with Gasteiger partial charge in [0.05, 0.1) is 23.8 Å². The summed E-state index contributed by atoms with van der Waals surface area (Å²) in [5.74, 6) is 3.03. The Balaban J connectivity index is 2.36. The van der Waals surface area contributed by atoms with Gasteiger partial charge in [0.1, 0.15) is 5.76 Å². The Morgan fingerprint density at radius 1 is 1.43 bits per heavy atom. The fourth-order valence-electron chi connectivity index (χ4n) is 2.52. The number of rotatable bonds is 13. The van der Waals surface area contributed by atoms with Gasteiger partial charge in [0.15, 0.2) is 5.78 Å². The monoisotopic (exact) mass is 340 g/mol. The number of hydrogen-bond acceptors (Lipinski definition) is 5. The van der Waals surface area contributed by atoms with Crippen LogP contribution in [0.2, 0.25) is 0 Å². The molecular formula is C18H32N2O2S. The lowest BCUT2D eigenvalue weighted by Crippen LogP contribution is -2.44. The second-order valence-corrected chi connectivity index (χ2v) is 7.52. The molecule has 1 aromatic rings. The Hall–Kier alpha value is -0.780. The van der Waals surface area contributed by atoms with Crippen LogP contribution in [0.15, 0.2) is 22.8 Å². The molecule has 1 aromatic heterocycles. The largest absolute Gasteiger partial charge is 0.468 e. The maximum Gasteiger partial charge on any atom is 0.159 e. The van der Waals surface area contributed by atoms with Gasteiger partial charge in [-0.2, -0.15) is 0 Å². The van der Waals surface area contributed by atoms with Crippen molar-refractivity contribution < 1.29 is 9.21 Å². The molecule has 0 fully saturated rings. The number of furan rings is 1. The molecule has 0 aliphatic rings. The van der Waals surface area contributed by atoms with E-state index in [1.807, 2.05) is 12.1 Å². The predicted molar refractivity (Wildman–Crippen MR) is 98.6 cm³/mol. The summed E-state index contributed by atoms with van der Waals surface area (Å²) in [6.45, 7) is 7.20. The summed E-state index contributed by atoms with van der Waals surface area (Å²) in [6, 6.07) is 3.86. The number of nitrogens with one attached hydrogen (secondary N) is 1. The lowest BCUT2D eigenvalue weighted by molar-refractivity contribution is -0.118. The highest BCUT2D eigenvalue weighted by atomic mass is 32.2. The third-order valence-corrected chi connectivity index (χ3v) is 4.68. The van der Waals surface area contributed by atoms with Crippen molar-refractivity contribution in [3.63, 3.8) is 0 Å². The topological polar surface area (TPSA) is 68.3 Å². The molecular weight excluding hydrogens is 308 g/mol. The van der Waals surface area contributed by atoms with Crippen LogP contribution in [0, 0.1) is 5.92 Å². The number of carbonyl (C=O) groups excluding carboxylic acids is 1. The quantitative estimate of drug-likeness (QED) is 0.574. The number of Topliss-reactive ketones (excluding diaryl/α,β-unsaturated/α-hetero) is 1. The summed E-state index contributed by atoms with van der Waals surface area (Å²) < 4.78 is 5.29. The van der Waals surface area contributed by atoms with Crippen LogP contribution < -0.4 is 11.1 Å². The molecule has 0 unspecified atom stereocenters.